The number of hydrogen-bond donors (Lipinski definition) is 0. The molecule has 0 amide bonds. The third kappa shape index (κ3) is 3.30. The molecule has 1 saturated heterocycles. The van der Waals surface area contributed by atoms with Gasteiger partial charge in [-0.05, 0) is 48.7 Å². The van der Waals surface area contributed by atoms with Crippen molar-refractivity contribution in [1.29, 1.82) is 0 Å². The summed E-state index contributed by atoms with van der Waals surface area (Å²) in [6, 6.07) is 28.3. The molecule has 1 heterocycles. The number of nitrogens with zero attached hydrogens (tertiary/aromatic N) is 1. The van der Waals surface area contributed by atoms with Crippen molar-refractivity contribution in [3.63, 3.8) is 0 Å². The standard InChI is InChI=1S/C24H24FN/c25-23-14-8-7-13-22(23)24(21-11-5-2-6-12-21)15-17-26(18-16-24)19-20-9-3-1-4-10-20/h1-14H,15-19H2. The van der Waals surface area contributed by atoms with Crippen molar-refractivity contribution in [3.8, 4) is 0 Å². The first kappa shape index (κ1) is 17.0. The van der Waals surface area contributed by atoms with E-state index in [1.165, 1.54) is 11.1 Å². The van der Waals surface area contributed by atoms with Crippen LogP contribution >= 0.6 is 0 Å². The maximum Gasteiger partial charge on any atom is 0.127 e. The second-order valence-electron chi connectivity index (χ2n) is 7.19. The second kappa shape index (κ2) is 7.43. The van der Waals surface area contributed by atoms with Crippen molar-refractivity contribution >= 4 is 0 Å². The van der Waals surface area contributed by atoms with Crippen LogP contribution in [0.2, 0.25) is 0 Å². The summed E-state index contributed by atoms with van der Waals surface area (Å²) < 4.78 is 14.7. The van der Waals surface area contributed by atoms with Gasteiger partial charge in [-0.1, -0.05) is 78.9 Å². The Morgan fingerprint density at radius 2 is 1.31 bits per heavy atom. The van der Waals surface area contributed by atoms with E-state index in [9.17, 15) is 4.39 Å². The molecule has 0 aliphatic carbocycles. The van der Waals surface area contributed by atoms with Crippen LogP contribution < -0.4 is 0 Å². The highest BCUT2D eigenvalue weighted by atomic mass is 19.1. The molecule has 2 heteroatoms. The fourth-order valence-corrected chi connectivity index (χ4v) is 4.25. The van der Waals surface area contributed by atoms with E-state index in [-0.39, 0.29) is 11.2 Å². The highest BCUT2D eigenvalue weighted by Gasteiger charge is 2.39. The minimum Gasteiger partial charge on any atom is -0.299 e. The number of likely N-dealkylation sites (tertiary alicyclic amines) is 1. The number of benzene rings is 3. The average Bonchev–Trinajstić information content (AvgIpc) is 2.71. The molecule has 0 N–H and O–H groups in total. The first-order chi connectivity index (χ1) is 12.8. The molecule has 3 aromatic carbocycles. The maximum absolute atomic E-state index is 14.7. The Bertz CT molecular complexity index is 836. The van der Waals surface area contributed by atoms with Gasteiger partial charge in [0.05, 0.1) is 0 Å². The van der Waals surface area contributed by atoms with Gasteiger partial charge in [0.15, 0.2) is 0 Å². The van der Waals surface area contributed by atoms with E-state index in [2.05, 4.69) is 59.5 Å². The van der Waals surface area contributed by atoms with Crippen molar-refractivity contribution in [1.82, 2.24) is 4.90 Å². The number of halogens is 1. The molecule has 0 saturated carbocycles. The lowest BCUT2D eigenvalue weighted by Gasteiger charge is -2.43. The van der Waals surface area contributed by atoms with E-state index in [0.29, 0.717) is 0 Å². The molecule has 1 aliphatic heterocycles. The molecule has 3 aromatic rings. The van der Waals surface area contributed by atoms with Crippen LogP contribution in [-0.4, -0.2) is 18.0 Å². The largest absolute Gasteiger partial charge is 0.299 e. The van der Waals surface area contributed by atoms with E-state index >= 15 is 0 Å². The Balaban J connectivity index is 1.62. The zero-order valence-electron chi connectivity index (χ0n) is 14.9. The van der Waals surface area contributed by atoms with Crippen LogP contribution in [0.4, 0.5) is 4.39 Å². The molecule has 0 aromatic heterocycles. The van der Waals surface area contributed by atoms with Gasteiger partial charge < -0.3 is 0 Å². The molecule has 0 unspecified atom stereocenters. The van der Waals surface area contributed by atoms with Crippen LogP contribution in [0.5, 0.6) is 0 Å². The minimum atomic E-state index is -0.236. The quantitative estimate of drug-likeness (QED) is 0.611. The fourth-order valence-electron chi connectivity index (χ4n) is 4.25. The van der Waals surface area contributed by atoms with Crippen LogP contribution in [0.15, 0.2) is 84.9 Å². The lowest BCUT2D eigenvalue weighted by atomic mass is 9.68. The molecule has 0 atom stereocenters. The van der Waals surface area contributed by atoms with Crippen molar-refractivity contribution in [3.05, 3.63) is 107 Å². The van der Waals surface area contributed by atoms with Gasteiger partial charge in [-0.25, -0.2) is 4.39 Å². The van der Waals surface area contributed by atoms with E-state index in [0.717, 1.165) is 38.0 Å². The number of piperidine rings is 1. The van der Waals surface area contributed by atoms with E-state index in [1.807, 2.05) is 18.2 Å². The summed E-state index contributed by atoms with van der Waals surface area (Å²) in [7, 11) is 0. The first-order valence-electron chi connectivity index (χ1n) is 9.35. The lowest BCUT2D eigenvalue weighted by Crippen LogP contribution is -2.43. The first-order valence-corrected chi connectivity index (χ1v) is 9.35. The van der Waals surface area contributed by atoms with Crippen LogP contribution in [0, 0.1) is 5.82 Å². The van der Waals surface area contributed by atoms with Gasteiger partial charge in [-0.3, -0.25) is 4.90 Å². The average molecular weight is 345 g/mol. The van der Waals surface area contributed by atoms with Gasteiger partial charge in [0.1, 0.15) is 5.82 Å². The van der Waals surface area contributed by atoms with Gasteiger partial charge in [-0.2, -0.15) is 0 Å². The molecule has 0 bridgehead atoms. The Labute approximate surface area is 155 Å². The molecule has 26 heavy (non-hydrogen) atoms. The molecular weight excluding hydrogens is 321 g/mol. The highest BCUT2D eigenvalue weighted by molar-refractivity contribution is 5.41. The van der Waals surface area contributed by atoms with Crippen LogP contribution in [0.3, 0.4) is 0 Å². The summed E-state index contributed by atoms with van der Waals surface area (Å²) in [6.45, 7) is 2.90. The summed E-state index contributed by atoms with van der Waals surface area (Å²) in [6.07, 6.45) is 1.87. The van der Waals surface area contributed by atoms with Crippen LogP contribution in [-0.2, 0) is 12.0 Å². The summed E-state index contributed by atoms with van der Waals surface area (Å²) in [5.41, 5.74) is 3.17. The zero-order valence-corrected chi connectivity index (χ0v) is 14.9. The molecule has 0 radical (unpaired) electrons. The van der Waals surface area contributed by atoms with Crippen molar-refractivity contribution < 1.29 is 4.39 Å². The van der Waals surface area contributed by atoms with Crippen molar-refractivity contribution in [2.24, 2.45) is 0 Å². The van der Waals surface area contributed by atoms with E-state index in [1.54, 1.807) is 12.1 Å². The third-order valence-corrected chi connectivity index (χ3v) is 5.67. The third-order valence-electron chi connectivity index (χ3n) is 5.67. The van der Waals surface area contributed by atoms with Gasteiger partial charge in [0, 0.05) is 12.0 Å². The maximum atomic E-state index is 14.7. The van der Waals surface area contributed by atoms with Crippen molar-refractivity contribution in [2.45, 2.75) is 24.8 Å². The van der Waals surface area contributed by atoms with E-state index in [4.69, 9.17) is 0 Å². The second-order valence-corrected chi connectivity index (χ2v) is 7.19. The molecule has 1 nitrogen and oxygen atoms in total. The smallest absolute Gasteiger partial charge is 0.127 e. The molecule has 132 valence electrons. The predicted molar refractivity (Wildman–Crippen MR) is 105 cm³/mol. The highest BCUT2D eigenvalue weighted by Crippen LogP contribution is 2.42. The SMILES string of the molecule is Fc1ccccc1C1(c2ccccc2)CCN(Cc2ccccc2)CC1. The topological polar surface area (TPSA) is 3.24 Å². The number of hydrogen-bond acceptors (Lipinski definition) is 1. The molecule has 1 aliphatic rings. The van der Waals surface area contributed by atoms with Gasteiger partial charge >= 0.3 is 0 Å². The summed E-state index contributed by atoms with van der Waals surface area (Å²) >= 11 is 0. The zero-order chi connectivity index (χ0) is 17.8. The van der Waals surface area contributed by atoms with Crippen LogP contribution in [0.1, 0.15) is 29.5 Å². The van der Waals surface area contributed by atoms with Crippen molar-refractivity contribution in [2.75, 3.05) is 13.1 Å². The summed E-state index contributed by atoms with van der Waals surface area (Å²) in [5.74, 6) is -0.0899. The minimum absolute atomic E-state index is 0.0899. The van der Waals surface area contributed by atoms with Gasteiger partial charge in [-0.15, -0.1) is 0 Å². The van der Waals surface area contributed by atoms with Gasteiger partial charge in [0.2, 0.25) is 0 Å². The Hall–Kier alpha value is -2.45. The molecule has 4 rings (SSSR count). The Kier molecular flexibility index (Phi) is 4.85. The van der Waals surface area contributed by atoms with E-state index < -0.39 is 0 Å². The van der Waals surface area contributed by atoms with Crippen LogP contribution in [0.25, 0.3) is 0 Å². The lowest BCUT2D eigenvalue weighted by molar-refractivity contribution is 0.170. The fraction of sp³-hybridized carbons (Fsp3) is 0.250. The Morgan fingerprint density at radius 1 is 0.731 bits per heavy atom. The Morgan fingerprint density at radius 3 is 1.96 bits per heavy atom. The normalized spacial score (nSPS) is 17.1. The monoisotopic (exact) mass is 345 g/mol. The molecule has 1 fully saturated rings. The van der Waals surface area contributed by atoms with Gasteiger partial charge in [0.25, 0.3) is 0 Å². The predicted octanol–water partition coefficient (Wildman–Crippen LogP) is 5.41. The molecular formula is C24H24FN. The number of rotatable bonds is 4. The molecule has 0 spiro atoms. The summed E-state index contributed by atoms with van der Waals surface area (Å²) in [4.78, 5) is 2.48. The summed E-state index contributed by atoms with van der Waals surface area (Å²) in [5, 5.41) is 0.